The lowest BCUT2D eigenvalue weighted by Crippen LogP contribution is -1.96. The third-order valence-corrected chi connectivity index (χ3v) is 2.52. The summed E-state index contributed by atoms with van der Waals surface area (Å²) in [6.45, 7) is 0. The van der Waals surface area contributed by atoms with Gasteiger partial charge in [0.05, 0.1) is 24.3 Å². The number of pyridine rings is 1. The minimum atomic E-state index is 0.906. The number of benzene rings is 1. The van der Waals surface area contributed by atoms with Gasteiger partial charge in [0.25, 0.3) is 0 Å². The maximum Gasteiger partial charge on any atom is 0.0852 e. The van der Waals surface area contributed by atoms with E-state index in [4.69, 9.17) is 0 Å². The van der Waals surface area contributed by atoms with E-state index >= 15 is 0 Å². The van der Waals surface area contributed by atoms with Crippen LogP contribution in [-0.4, -0.2) is 20.0 Å². The number of rotatable bonds is 2. The molecule has 0 aliphatic rings. The Morgan fingerprint density at radius 1 is 0.941 bits per heavy atom. The highest BCUT2D eigenvalue weighted by atomic mass is 15.4. The molecule has 0 amide bonds. The van der Waals surface area contributed by atoms with Gasteiger partial charge in [0.1, 0.15) is 0 Å². The summed E-state index contributed by atoms with van der Waals surface area (Å²) in [7, 11) is 0. The molecule has 0 saturated heterocycles. The van der Waals surface area contributed by atoms with E-state index in [1.165, 1.54) is 0 Å². The maximum absolute atomic E-state index is 4.23. The second-order valence-electron chi connectivity index (χ2n) is 3.65. The second-order valence-corrected chi connectivity index (χ2v) is 3.65. The molecule has 3 aromatic rings. The van der Waals surface area contributed by atoms with Crippen molar-refractivity contribution in [1.29, 1.82) is 0 Å². The molecular formula is C13H10N4. The number of nitrogens with zero attached hydrogens (tertiary/aromatic N) is 4. The van der Waals surface area contributed by atoms with Crippen LogP contribution in [0.5, 0.6) is 0 Å². The molecule has 82 valence electrons. The molecule has 0 saturated carbocycles. The monoisotopic (exact) mass is 222 g/mol. The third-order valence-electron chi connectivity index (χ3n) is 2.52. The van der Waals surface area contributed by atoms with Crippen molar-refractivity contribution in [3.8, 4) is 16.8 Å². The van der Waals surface area contributed by atoms with E-state index in [2.05, 4.69) is 27.4 Å². The van der Waals surface area contributed by atoms with Crippen LogP contribution in [0.15, 0.2) is 61.2 Å². The molecule has 2 heterocycles. The van der Waals surface area contributed by atoms with Gasteiger partial charge in [-0.1, -0.05) is 35.5 Å². The van der Waals surface area contributed by atoms with Crippen LogP contribution < -0.4 is 0 Å². The van der Waals surface area contributed by atoms with Crippen molar-refractivity contribution < 1.29 is 0 Å². The summed E-state index contributed by atoms with van der Waals surface area (Å²) in [5.74, 6) is 0. The van der Waals surface area contributed by atoms with E-state index in [1.54, 1.807) is 23.3 Å². The van der Waals surface area contributed by atoms with Gasteiger partial charge < -0.3 is 0 Å². The van der Waals surface area contributed by atoms with Crippen LogP contribution in [-0.2, 0) is 0 Å². The fourth-order valence-electron chi connectivity index (χ4n) is 1.69. The van der Waals surface area contributed by atoms with E-state index in [9.17, 15) is 0 Å². The molecule has 4 nitrogen and oxygen atoms in total. The molecule has 0 spiro atoms. The lowest BCUT2D eigenvalue weighted by Gasteiger charge is -2.04. The van der Waals surface area contributed by atoms with Crippen molar-refractivity contribution in [1.82, 2.24) is 20.0 Å². The lowest BCUT2D eigenvalue weighted by atomic mass is 10.1. The topological polar surface area (TPSA) is 43.6 Å². The summed E-state index contributed by atoms with van der Waals surface area (Å²) < 4.78 is 1.69. The molecule has 0 N–H and O–H groups in total. The van der Waals surface area contributed by atoms with Crippen molar-refractivity contribution in [2.24, 2.45) is 0 Å². The van der Waals surface area contributed by atoms with Gasteiger partial charge in [-0.3, -0.25) is 4.98 Å². The van der Waals surface area contributed by atoms with Crippen molar-refractivity contribution in [3.63, 3.8) is 0 Å². The van der Waals surface area contributed by atoms with Crippen LogP contribution in [0.4, 0.5) is 0 Å². The molecule has 0 radical (unpaired) electrons. The van der Waals surface area contributed by atoms with Crippen LogP contribution in [0, 0.1) is 0 Å². The zero-order valence-corrected chi connectivity index (χ0v) is 9.06. The average Bonchev–Trinajstić information content (AvgIpc) is 2.94. The first-order valence-electron chi connectivity index (χ1n) is 5.31. The Bertz CT molecular complexity index is 602. The summed E-state index contributed by atoms with van der Waals surface area (Å²) in [6, 6.07) is 12.2. The zero-order valence-electron chi connectivity index (χ0n) is 9.06. The van der Waals surface area contributed by atoms with Gasteiger partial charge in [0.2, 0.25) is 0 Å². The molecule has 0 fully saturated rings. The van der Waals surface area contributed by atoms with Crippen molar-refractivity contribution in [2.75, 3.05) is 0 Å². The van der Waals surface area contributed by atoms with Gasteiger partial charge in [-0.05, 0) is 11.6 Å². The highest BCUT2D eigenvalue weighted by Gasteiger charge is 2.01. The van der Waals surface area contributed by atoms with Crippen LogP contribution in [0.2, 0.25) is 0 Å². The Kier molecular flexibility index (Phi) is 2.38. The fraction of sp³-hybridized carbons (Fsp3) is 0. The zero-order chi connectivity index (χ0) is 11.5. The lowest BCUT2D eigenvalue weighted by molar-refractivity contribution is 0.800. The van der Waals surface area contributed by atoms with Crippen LogP contribution in [0.3, 0.4) is 0 Å². The molecule has 0 unspecified atom stereocenters. The Hall–Kier alpha value is -2.49. The summed E-state index contributed by atoms with van der Waals surface area (Å²) in [5, 5.41) is 7.73. The number of aromatic nitrogens is 4. The third kappa shape index (κ3) is 1.92. The standard InChI is InChI=1S/C13H10N4/c1-2-4-11(5-3-1)12-8-13(10-14-9-12)17-7-6-15-16-17/h1-10H. The first-order chi connectivity index (χ1) is 8.43. The van der Waals surface area contributed by atoms with Gasteiger partial charge >= 0.3 is 0 Å². The van der Waals surface area contributed by atoms with E-state index in [0.29, 0.717) is 0 Å². The smallest absolute Gasteiger partial charge is 0.0852 e. The minimum absolute atomic E-state index is 0.906. The molecule has 2 aromatic heterocycles. The Morgan fingerprint density at radius 3 is 2.59 bits per heavy atom. The van der Waals surface area contributed by atoms with E-state index in [-0.39, 0.29) is 0 Å². The molecule has 0 bridgehead atoms. The van der Waals surface area contributed by atoms with Gasteiger partial charge in [-0.2, -0.15) is 0 Å². The predicted octanol–water partition coefficient (Wildman–Crippen LogP) is 2.33. The fourth-order valence-corrected chi connectivity index (χ4v) is 1.69. The summed E-state index contributed by atoms with van der Waals surface area (Å²) >= 11 is 0. The van der Waals surface area contributed by atoms with E-state index in [0.717, 1.165) is 16.8 Å². The molecular weight excluding hydrogens is 212 g/mol. The quantitative estimate of drug-likeness (QED) is 0.668. The highest BCUT2D eigenvalue weighted by Crippen LogP contribution is 2.19. The van der Waals surface area contributed by atoms with Gasteiger partial charge in [-0.15, -0.1) is 5.10 Å². The molecule has 0 aliphatic heterocycles. The molecule has 4 heteroatoms. The molecule has 0 atom stereocenters. The van der Waals surface area contributed by atoms with Crippen molar-refractivity contribution in [2.45, 2.75) is 0 Å². The molecule has 3 rings (SSSR count). The Labute approximate surface area is 98.6 Å². The number of hydrogen-bond donors (Lipinski definition) is 0. The second kappa shape index (κ2) is 4.17. The molecule has 0 aliphatic carbocycles. The average molecular weight is 222 g/mol. The summed E-state index contributed by atoms with van der Waals surface area (Å²) in [5.41, 5.74) is 3.12. The van der Waals surface area contributed by atoms with Crippen molar-refractivity contribution >= 4 is 0 Å². The maximum atomic E-state index is 4.23. The number of hydrogen-bond acceptors (Lipinski definition) is 3. The Morgan fingerprint density at radius 2 is 1.82 bits per heavy atom. The Balaban J connectivity index is 2.06. The SMILES string of the molecule is c1ccc(-c2cncc(-n3ccnn3)c2)cc1. The normalized spacial score (nSPS) is 10.4. The van der Waals surface area contributed by atoms with E-state index < -0.39 is 0 Å². The van der Waals surface area contributed by atoms with E-state index in [1.807, 2.05) is 30.5 Å². The van der Waals surface area contributed by atoms with Gasteiger partial charge in [-0.25, -0.2) is 4.68 Å². The van der Waals surface area contributed by atoms with Gasteiger partial charge in [0, 0.05) is 11.8 Å². The van der Waals surface area contributed by atoms with Crippen LogP contribution >= 0.6 is 0 Å². The first-order valence-corrected chi connectivity index (χ1v) is 5.31. The summed E-state index contributed by atoms with van der Waals surface area (Å²) in [4.78, 5) is 4.23. The molecule has 17 heavy (non-hydrogen) atoms. The largest absolute Gasteiger partial charge is 0.262 e. The van der Waals surface area contributed by atoms with Crippen molar-refractivity contribution in [3.05, 3.63) is 61.2 Å². The highest BCUT2D eigenvalue weighted by molar-refractivity contribution is 5.64. The first kappa shape index (κ1) is 9.72. The minimum Gasteiger partial charge on any atom is -0.262 e. The van der Waals surface area contributed by atoms with Gasteiger partial charge in [0.15, 0.2) is 0 Å². The predicted molar refractivity (Wildman–Crippen MR) is 64.6 cm³/mol. The summed E-state index contributed by atoms with van der Waals surface area (Å²) in [6.07, 6.45) is 7.05. The molecule has 1 aromatic carbocycles. The van der Waals surface area contributed by atoms with Crippen LogP contribution in [0.25, 0.3) is 16.8 Å². The van der Waals surface area contributed by atoms with Crippen LogP contribution in [0.1, 0.15) is 0 Å².